The van der Waals surface area contributed by atoms with Crippen molar-refractivity contribution >= 4 is 47.0 Å². The van der Waals surface area contributed by atoms with Crippen LogP contribution in [0.25, 0.3) is 0 Å². The van der Waals surface area contributed by atoms with Crippen molar-refractivity contribution in [2.45, 2.75) is 24.0 Å². The van der Waals surface area contributed by atoms with Gasteiger partial charge in [0, 0.05) is 31.8 Å². The lowest BCUT2D eigenvalue weighted by molar-refractivity contribution is 0.590. The molecule has 6 heteroatoms. The Morgan fingerprint density at radius 3 is 2.57 bits per heavy atom. The standard InChI is InChI=1S/C8H8BrClO2S2/c9-6-3-7(13-5-6)4-8(1-2-8)14(10,11)12/h3,5H,1-2,4H2. The van der Waals surface area contributed by atoms with Gasteiger partial charge < -0.3 is 0 Å². The lowest BCUT2D eigenvalue weighted by atomic mass is 10.2. The molecule has 14 heavy (non-hydrogen) atoms. The average molecular weight is 316 g/mol. The van der Waals surface area contributed by atoms with E-state index in [0.29, 0.717) is 19.3 Å². The van der Waals surface area contributed by atoms with Crippen LogP contribution in [0.2, 0.25) is 0 Å². The summed E-state index contributed by atoms with van der Waals surface area (Å²) < 4.78 is 22.9. The van der Waals surface area contributed by atoms with Crippen LogP contribution in [0.4, 0.5) is 0 Å². The van der Waals surface area contributed by atoms with Gasteiger partial charge in [-0.2, -0.15) is 0 Å². The van der Waals surface area contributed by atoms with Gasteiger partial charge in [0.1, 0.15) is 0 Å². The van der Waals surface area contributed by atoms with Crippen molar-refractivity contribution in [2.24, 2.45) is 0 Å². The molecule has 1 aliphatic carbocycles. The summed E-state index contributed by atoms with van der Waals surface area (Å²) >= 11 is 4.90. The van der Waals surface area contributed by atoms with Gasteiger partial charge in [-0.25, -0.2) is 8.42 Å². The molecular weight excluding hydrogens is 308 g/mol. The Balaban J connectivity index is 2.20. The summed E-state index contributed by atoms with van der Waals surface area (Å²) in [6.07, 6.45) is 1.93. The maximum absolute atomic E-state index is 11.3. The lowest BCUT2D eigenvalue weighted by Crippen LogP contribution is -2.20. The van der Waals surface area contributed by atoms with E-state index in [1.165, 1.54) is 0 Å². The van der Waals surface area contributed by atoms with Crippen LogP contribution in [0.1, 0.15) is 17.7 Å². The van der Waals surface area contributed by atoms with E-state index in [-0.39, 0.29) is 0 Å². The maximum Gasteiger partial charge on any atom is 0.238 e. The first-order chi connectivity index (χ1) is 6.43. The molecule has 0 unspecified atom stereocenters. The molecule has 0 atom stereocenters. The van der Waals surface area contributed by atoms with Crippen LogP contribution in [0.5, 0.6) is 0 Å². The first-order valence-electron chi connectivity index (χ1n) is 4.10. The number of rotatable bonds is 3. The molecule has 0 amide bonds. The van der Waals surface area contributed by atoms with Gasteiger partial charge in [-0.15, -0.1) is 11.3 Å². The second-order valence-electron chi connectivity index (χ2n) is 3.53. The average Bonchev–Trinajstić information content (AvgIpc) is 2.71. The molecule has 0 N–H and O–H groups in total. The van der Waals surface area contributed by atoms with Crippen molar-refractivity contribution in [1.29, 1.82) is 0 Å². The highest BCUT2D eigenvalue weighted by molar-refractivity contribution is 9.10. The highest BCUT2D eigenvalue weighted by atomic mass is 79.9. The molecule has 0 aromatic carbocycles. The summed E-state index contributed by atoms with van der Waals surface area (Å²) in [4.78, 5) is 1.07. The molecule has 0 spiro atoms. The smallest absolute Gasteiger partial charge is 0.212 e. The monoisotopic (exact) mass is 314 g/mol. The van der Waals surface area contributed by atoms with Gasteiger partial charge in [0.25, 0.3) is 0 Å². The minimum absolute atomic E-state index is 0.551. The van der Waals surface area contributed by atoms with Crippen LogP contribution in [0.15, 0.2) is 15.9 Å². The zero-order chi connectivity index (χ0) is 10.4. The third kappa shape index (κ3) is 2.01. The van der Waals surface area contributed by atoms with Crippen molar-refractivity contribution < 1.29 is 8.42 Å². The third-order valence-corrected chi connectivity index (χ3v) is 6.71. The van der Waals surface area contributed by atoms with Crippen LogP contribution < -0.4 is 0 Å². The molecule has 2 rings (SSSR count). The second kappa shape index (κ2) is 3.47. The fourth-order valence-electron chi connectivity index (χ4n) is 1.41. The van der Waals surface area contributed by atoms with E-state index in [2.05, 4.69) is 15.9 Å². The van der Waals surface area contributed by atoms with E-state index < -0.39 is 13.8 Å². The normalized spacial score (nSPS) is 19.6. The first kappa shape index (κ1) is 10.9. The fraction of sp³-hybridized carbons (Fsp3) is 0.500. The van der Waals surface area contributed by atoms with E-state index in [4.69, 9.17) is 10.7 Å². The van der Waals surface area contributed by atoms with Gasteiger partial charge >= 0.3 is 0 Å². The zero-order valence-electron chi connectivity index (χ0n) is 7.16. The number of halogens is 2. The van der Waals surface area contributed by atoms with Gasteiger partial charge in [-0.3, -0.25) is 0 Å². The molecule has 1 aromatic heterocycles. The minimum atomic E-state index is -3.42. The molecular formula is C8H8BrClO2S2. The van der Waals surface area contributed by atoms with Gasteiger partial charge in [-0.1, -0.05) is 0 Å². The summed E-state index contributed by atoms with van der Waals surface area (Å²) in [7, 11) is 1.99. The highest BCUT2D eigenvalue weighted by Crippen LogP contribution is 2.48. The van der Waals surface area contributed by atoms with Crippen LogP contribution in [0.3, 0.4) is 0 Å². The molecule has 1 heterocycles. The van der Waals surface area contributed by atoms with Crippen LogP contribution in [-0.4, -0.2) is 13.2 Å². The summed E-state index contributed by atoms with van der Waals surface area (Å²) in [5.41, 5.74) is 0. The largest absolute Gasteiger partial charge is 0.238 e. The molecule has 1 aliphatic rings. The Labute approximate surface area is 99.8 Å². The molecule has 1 fully saturated rings. The molecule has 1 saturated carbocycles. The lowest BCUT2D eigenvalue weighted by Gasteiger charge is -2.08. The Bertz CT molecular complexity index is 448. The zero-order valence-corrected chi connectivity index (χ0v) is 11.1. The van der Waals surface area contributed by atoms with Gasteiger partial charge in [-0.05, 0) is 34.8 Å². The molecule has 1 aromatic rings. The fourth-order valence-corrected chi connectivity index (χ4v) is 4.64. The Morgan fingerprint density at radius 1 is 1.57 bits per heavy atom. The molecule has 0 radical (unpaired) electrons. The molecule has 78 valence electrons. The van der Waals surface area contributed by atoms with Gasteiger partial charge in [0.05, 0.1) is 4.75 Å². The number of thiophene rings is 1. The highest BCUT2D eigenvalue weighted by Gasteiger charge is 2.53. The SMILES string of the molecule is O=S(=O)(Cl)C1(Cc2cc(Br)cs2)CC1. The van der Waals surface area contributed by atoms with Crippen molar-refractivity contribution in [3.8, 4) is 0 Å². The Kier molecular flexibility index (Phi) is 2.71. The van der Waals surface area contributed by atoms with E-state index >= 15 is 0 Å². The number of hydrogen-bond donors (Lipinski definition) is 0. The Hall–Kier alpha value is 0.420. The van der Waals surface area contributed by atoms with Crippen molar-refractivity contribution in [1.82, 2.24) is 0 Å². The summed E-state index contributed by atoms with van der Waals surface area (Å²) in [5, 5.41) is 1.95. The molecule has 0 bridgehead atoms. The molecule has 0 saturated heterocycles. The van der Waals surface area contributed by atoms with E-state index in [1.807, 2.05) is 11.4 Å². The minimum Gasteiger partial charge on any atom is -0.212 e. The van der Waals surface area contributed by atoms with Crippen LogP contribution >= 0.6 is 37.9 Å². The summed E-state index contributed by atoms with van der Waals surface area (Å²) in [5.74, 6) is 0. The predicted octanol–water partition coefficient (Wildman–Crippen LogP) is 3.15. The van der Waals surface area contributed by atoms with E-state index in [0.717, 1.165) is 9.35 Å². The second-order valence-corrected chi connectivity index (χ2v) is 8.40. The predicted molar refractivity (Wildman–Crippen MR) is 62.5 cm³/mol. The molecule has 2 nitrogen and oxygen atoms in total. The quantitative estimate of drug-likeness (QED) is 0.803. The Morgan fingerprint density at radius 2 is 2.21 bits per heavy atom. The van der Waals surface area contributed by atoms with Crippen molar-refractivity contribution in [3.63, 3.8) is 0 Å². The summed E-state index contributed by atoms with van der Waals surface area (Å²) in [6.45, 7) is 0. The first-order valence-corrected chi connectivity index (χ1v) is 8.08. The molecule has 0 aliphatic heterocycles. The third-order valence-electron chi connectivity index (χ3n) is 2.44. The maximum atomic E-state index is 11.3. The van der Waals surface area contributed by atoms with E-state index in [1.54, 1.807) is 11.3 Å². The number of hydrogen-bond acceptors (Lipinski definition) is 3. The topological polar surface area (TPSA) is 34.1 Å². The van der Waals surface area contributed by atoms with Crippen LogP contribution in [0, 0.1) is 0 Å². The van der Waals surface area contributed by atoms with E-state index in [9.17, 15) is 8.42 Å². The summed E-state index contributed by atoms with van der Waals surface area (Å²) in [6, 6.07) is 1.95. The van der Waals surface area contributed by atoms with Crippen molar-refractivity contribution in [2.75, 3.05) is 0 Å². The van der Waals surface area contributed by atoms with Crippen LogP contribution in [-0.2, 0) is 15.5 Å². The van der Waals surface area contributed by atoms with Crippen molar-refractivity contribution in [3.05, 3.63) is 20.8 Å². The van der Waals surface area contributed by atoms with Gasteiger partial charge in [0.15, 0.2) is 0 Å². The van der Waals surface area contributed by atoms with Gasteiger partial charge in [0.2, 0.25) is 9.05 Å².